The largest absolute Gasteiger partial charge is 0.493 e. The highest BCUT2D eigenvalue weighted by molar-refractivity contribution is 6.05. The van der Waals surface area contributed by atoms with Gasteiger partial charge < -0.3 is 19.5 Å². The second-order valence-electron chi connectivity index (χ2n) is 5.29. The molecule has 2 rings (SSSR count). The van der Waals surface area contributed by atoms with E-state index in [4.69, 9.17) is 19.5 Å². The van der Waals surface area contributed by atoms with E-state index >= 15 is 0 Å². The second kappa shape index (κ2) is 10.7. The lowest BCUT2D eigenvalue weighted by molar-refractivity contribution is 0.101. The van der Waals surface area contributed by atoms with Crippen molar-refractivity contribution in [1.29, 1.82) is 5.26 Å². The molecule has 26 heavy (non-hydrogen) atoms. The van der Waals surface area contributed by atoms with Gasteiger partial charge in [0, 0.05) is 31.5 Å². The van der Waals surface area contributed by atoms with Crippen molar-refractivity contribution in [3.05, 3.63) is 48.2 Å². The molecule has 0 aliphatic carbocycles. The monoisotopic (exact) mass is 355 g/mol. The molecule has 1 N–H and O–H groups in total. The fourth-order valence-electron chi connectivity index (χ4n) is 2.10. The van der Waals surface area contributed by atoms with Crippen molar-refractivity contribution in [1.82, 2.24) is 4.98 Å². The molecule has 0 aliphatic rings. The average molecular weight is 355 g/mol. The molecule has 0 spiro atoms. The zero-order valence-electron chi connectivity index (χ0n) is 14.6. The number of nitrogens with zero attached hydrogens (tertiary/aromatic N) is 2. The summed E-state index contributed by atoms with van der Waals surface area (Å²) in [5.74, 6) is 0.557. The summed E-state index contributed by atoms with van der Waals surface area (Å²) < 4.78 is 16.0. The second-order valence-corrected chi connectivity index (χ2v) is 5.29. The minimum atomic E-state index is -0.327. The van der Waals surface area contributed by atoms with Gasteiger partial charge in [0.25, 0.3) is 5.91 Å². The smallest absolute Gasteiger partial charge is 0.261 e. The van der Waals surface area contributed by atoms with Gasteiger partial charge in [0.15, 0.2) is 0 Å². The number of amides is 1. The molecule has 0 atom stereocenters. The van der Waals surface area contributed by atoms with Gasteiger partial charge in [0.05, 0.1) is 19.3 Å². The molecule has 0 fully saturated rings. The summed E-state index contributed by atoms with van der Waals surface area (Å²) in [4.78, 5) is 16.6. The highest BCUT2D eigenvalue weighted by atomic mass is 16.5. The normalized spacial score (nSPS) is 10.0. The molecular formula is C19H21N3O4. The fourth-order valence-corrected chi connectivity index (χ4v) is 2.10. The number of carbonyl (C=O) groups excluding carboxylic acids is 1. The van der Waals surface area contributed by atoms with Crippen LogP contribution in [0.4, 0.5) is 5.69 Å². The number of rotatable bonds is 10. The van der Waals surface area contributed by atoms with Gasteiger partial charge in [-0.2, -0.15) is 5.26 Å². The maximum atomic E-state index is 12.5. The Balaban J connectivity index is 2.00. The molecule has 2 aromatic rings. The molecule has 0 aliphatic heterocycles. The van der Waals surface area contributed by atoms with Crippen molar-refractivity contribution in [3.63, 3.8) is 0 Å². The lowest BCUT2D eigenvalue weighted by Crippen LogP contribution is -2.15. The standard InChI is InChI=1S/C19H21N3O4/c1-24-12-13-26-19-17(8-5-10-21-19)18(23)22-15-6-4-7-16(14-15)25-11-3-2-9-20/h4-8,10,14H,2-3,11-13H2,1H3,(H,22,23). The first-order valence-corrected chi connectivity index (χ1v) is 8.22. The van der Waals surface area contributed by atoms with E-state index in [1.54, 1.807) is 49.7 Å². The van der Waals surface area contributed by atoms with Crippen molar-refractivity contribution in [2.24, 2.45) is 0 Å². The first-order chi connectivity index (χ1) is 12.7. The third-order valence-electron chi connectivity index (χ3n) is 3.34. The molecule has 1 amide bonds. The molecule has 7 heteroatoms. The first-order valence-electron chi connectivity index (χ1n) is 8.22. The topological polar surface area (TPSA) is 93.5 Å². The SMILES string of the molecule is COCCOc1ncccc1C(=O)Nc1cccc(OCCCC#N)c1. The molecular weight excluding hydrogens is 334 g/mol. The Morgan fingerprint density at radius 2 is 2.08 bits per heavy atom. The molecule has 0 saturated heterocycles. The van der Waals surface area contributed by atoms with E-state index in [2.05, 4.69) is 16.4 Å². The first kappa shape index (κ1) is 19.2. The van der Waals surface area contributed by atoms with E-state index in [9.17, 15) is 4.79 Å². The van der Waals surface area contributed by atoms with Gasteiger partial charge in [-0.1, -0.05) is 6.07 Å². The Hall–Kier alpha value is -3.11. The number of hydrogen-bond donors (Lipinski definition) is 1. The number of carbonyl (C=O) groups is 1. The Labute approximate surface area is 152 Å². The Kier molecular flexibility index (Phi) is 7.90. The number of unbranched alkanes of at least 4 members (excludes halogenated alkanes) is 1. The number of ether oxygens (including phenoxy) is 3. The molecule has 1 heterocycles. The summed E-state index contributed by atoms with van der Waals surface area (Å²) in [6, 6.07) is 12.5. The maximum Gasteiger partial charge on any atom is 0.261 e. The van der Waals surface area contributed by atoms with E-state index in [1.807, 2.05) is 0 Å². The number of nitriles is 1. The number of pyridine rings is 1. The number of benzene rings is 1. The van der Waals surface area contributed by atoms with Crippen LogP contribution in [0.25, 0.3) is 0 Å². The van der Waals surface area contributed by atoms with Crippen molar-refractivity contribution in [2.45, 2.75) is 12.8 Å². The maximum absolute atomic E-state index is 12.5. The number of methoxy groups -OCH3 is 1. The van der Waals surface area contributed by atoms with Crippen LogP contribution >= 0.6 is 0 Å². The molecule has 1 aromatic carbocycles. The average Bonchev–Trinajstić information content (AvgIpc) is 2.66. The van der Waals surface area contributed by atoms with Crippen molar-refractivity contribution < 1.29 is 19.0 Å². The van der Waals surface area contributed by atoms with Crippen LogP contribution in [0.5, 0.6) is 11.6 Å². The van der Waals surface area contributed by atoms with Crippen molar-refractivity contribution in [3.8, 4) is 17.7 Å². The summed E-state index contributed by atoms with van der Waals surface area (Å²) in [6.07, 6.45) is 2.67. The van der Waals surface area contributed by atoms with Gasteiger partial charge in [-0.25, -0.2) is 4.98 Å². The number of hydrogen-bond acceptors (Lipinski definition) is 6. The minimum Gasteiger partial charge on any atom is -0.493 e. The van der Waals surface area contributed by atoms with Crippen molar-refractivity contribution in [2.75, 3.05) is 32.2 Å². The highest BCUT2D eigenvalue weighted by Gasteiger charge is 2.14. The molecule has 1 aromatic heterocycles. The van der Waals surface area contributed by atoms with Gasteiger partial charge in [-0.05, 0) is 30.7 Å². The van der Waals surface area contributed by atoms with Gasteiger partial charge in [0.1, 0.15) is 17.9 Å². The molecule has 0 bridgehead atoms. The minimum absolute atomic E-state index is 0.256. The summed E-state index contributed by atoms with van der Waals surface area (Å²) >= 11 is 0. The lowest BCUT2D eigenvalue weighted by atomic mass is 10.2. The van der Waals surface area contributed by atoms with Crippen LogP contribution in [-0.2, 0) is 4.74 Å². The molecule has 7 nitrogen and oxygen atoms in total. The Morgan fingerprint density at radius 1 is 1.19 bits per heavy atom. The van der Waals surface area contributed by atoms with Crippen LogP contribution in [0.2, 0.25) is 0 Å². The van der Waals surface area contributed by atoms with Crippen LogP contribution in [0.1, 0.15) is 23.2 Å². The van der Waals surface area contributed by atoms with E-state index < -0.39 is 0 Å². The van der Waals surface area contributed by atoms with Crippen LogP contribution in [-0.4, -0.2) is 37.8 Å². The van der Waals surface area contributed by atoms with Crippen LogP contribution < -0.4 is 14.8 Å². The van der Waals surface area contributed by atoms with E-state index in [-0.39, 0.29) is 11.8 Å². The van der Waals surface area contributed by atoms with Crippen LogP contribution in [0.15, 0.2) is 42.6 Å². The quantitative estimate of drug-likeness (QED) is 0.659. The summed E-state index contributed by atoms with van der Waals surface area (Å²) in [5, 5.41) is 11.3. The fraction of sp³-hybridized carbons (Fsp3) is 0.316. The Bertz CT molecular complexity index is 758. The molecule has 0 radical (unpaired) electrons. The Morgan fingerprint density at radius 3 is 2.88 bits per heavy atom. The van der Waals surface area contributed by atoms with Gasteiger partial charge in [0.2, 0.25) is 5.88 Å². The van der Waals surface area contributed by atoms with E-state index in [1.165, 1.54) is 0 Å². The number of anilines is 1. The van der Waals surface area contributed by atoms with Crippen LogP contribution in [0.3, 0.4) is 0 Å². The van der Waals surface area contributed by atoms with Crippen molar-refractivity contribution >= 4 is 11.6 Å². The third kappa shape index (κ3) is 6.07. The van der Waals surface area contributed by atoms with Gasteiger partial charge in [-0.3, -0.25) is 4.79 Å². The zero-order valence-corrected chi connectivity index (χ0v) is 14.6. The predicted molar refractivity (Wildman–Crippen MR) is 96.3 cm³/mol. The molecule has 0 unspecified atom stereocenters. The van der Waals surface area contributed by atoms with Crippen LogP contribution in [0, 0.1) is 11.3 Å². The third-order valence-corrected chi connectivity index (χ3v) is 3.34. The van der Waals surface area contributed by atoms with Gasteiger partial charge in [-0.15, -0.1) is 0 Å². The summed E-state index contributed by atoms with van der Waals surface area (Å²) in [5.41, 5.74) is 0.934. The molecule has 136 valence electrons. The number of aromatic nitrogens is 1. The van der Waals surface area contributed by atoms with Gasteiger partial charge >= 0.3 is 0 Å². The molecule has 0 saturated carbocycles. The summed E-state index contributed by atoms with van der Waals surface area (Å²) in [7, 11) is 1.57. The summed E-state index contributed by atoms with van der Waals surface area (Å²) in [6.45, 7) is 1.16. The van der Waals surface area contributed by atoms with E-state index in [0.717, 1.165) is 0 Å². The highest BCUT2D eigenvalue weighted by Crippen LogP contribution is 2.20. The lowest BCUT2D eigenvalue weighted by Gasteiger charge is -2.11. The van der Waals surface area contributed by atoms with E-state index in [0.29, 0.717) is 49.7 Å². The predicted octanol–water partition coefficient (Wildman–Crippen LogP) is 3.04. The zero-order chi connectivity index (χ0) is 18.6. The number of nitrogens with one attached hydrogen (secondary N) is 1.